The number of nitrogens with zero attached hydrogens (tertiary/aromatic N) is 1. The largest absolute Gasteiger partial charge is 0.439 e. The Morgan fingerprint density at radius 3 is 2.86 bits per heavy atom. The summed E-state index contributed by atoms with van der Waals surface area (Å²) in [6.07, 6.45) is 1.07. The van der Waals surface area contributed by atoms with E-state index >= 15 is 0 Å². The van der Waals surface area contributed by atoms with Gasteiger partial charge in [-0.1, -0.05) is 0 Å². The Morgan fingerprint density at radius 2 is 2.19 bits per heavy atom. The number of amides is 2. The van der Waals surface area contributed by atoms with Crippen LogP contribution >= 0.6 is 0 Å². The van der Waals surface area contributed by atoms with Gasteiger partial charge in [0.25, 0.3) is 5.91 Å². The van der Waals surface area contributed by atoms with Crippen LogP contribution in [0.15, 0.2) is 16.9 Å². The van der Waals surface area contributed by atoms with Gasteiger partial charge in [-0.2, -0.15) is 0 Å². The summed E-state index contributed by atoms with van der Waals surface area (Å²) < 4.78 is 5.34. The predicted octanol–water partition coefficient (Wildman–Crippen LogP) is 0.398. The van der Waals surface area contributed by atoms with E-state index in [0.717, 1.165) is 12.8 Å². The average Bonchev–Trinajstić information content (AvgIpc) is 2.77. The number of hydrogen-bond donors (Lipinski definition) is 2. The summed E-state index contributed by atoms with van der Waals surface area (Å²) in [5.41, 5.74) is 0.0949. The molecule has 21 heavy (non-hydrogen) atoms. The second-order valence-corrected chi connectivity index (χ2v) is 5.67. The van der Waals surface area contributed by atoms with Crippen molar-refractivity contribution in [1.82, 2.24) is 15.2 Å². The molecular weight excluding hydrogens is 274 g/mol. The van der Waals surface area contributed by atoms with Crippen LogP contribution in [-0.2, 0) is 4.74 Å². The zero-order chi connectivity index (χ0) is 15.0. The lowest BCUT2D eigenvalue weighted by Gasteiger charge is -2.38. The van der Waals surface area contributed by atoms with Crippen LogP contribution < -0.4 is 10.9 Å². The molecule has 7 nitrogen and oxygen atoms in total. The van der Waals surface area contributed by atoms with Crippen LogP contribution in [-0.4, -0.2) is 47.1 Å². The lowest BCUT2D eigenvalue weighted by Crippen LogP contribution is -2.52. The number of carbonyl (C=O) groups excluding carboxylic acids is 2. The highest BCUT2D eigenvalue weighted by molar-refractivity contribution is 5.94. The maximum atomic E-state index is 12.5. The zero-order valence-electron chi connectivity index (χ0n) is 11.8. The Morgan fingerprint density at radius 1 is 1.38 bits per heavy atom. The SMILES string of the molecule is Cc1cc(C(=O)N2CCC[C@]3(CNC(=O)O3)C2)cc(=O)[nH]1. The average molecular weight is 291 g/mol. The van der Waals surface area contributed by atoms with Crippen LogP contribution in [0.25, 0.3) is 0 Å². The second-order valence-electron chi connectivity index (χ2n) is 5.67. The number of aryl methyl sites for hydroxylation is 1. The number of rotatable bonds is 1. The fourth-order valence-corrected chi connectivity index (χ4v) is 2.99. The predicted molar refractivity (Wildman–Crippen MR) is 74.2 cm³/mol. The van der Waals surface area contributed by atoms with Gasteiger partial charge < -0.3 is 19.9 Å². The zero-order valence-corrected chi connectivity index (χ0v) is 11.8. The van der Waals surface area contributed by atoms with Gasteiger partial charge in [-0.15, -0.1) is 0 Å². The molecule has 3 rings (SSSR count). The van der Waals surface area contributed by atoms with Gasteiger partial charge in [0, 0.05) is 23.9 Å². The van der Waals surface area contributed by atoms with Crippen molar-refractivity contribution in [3.05, 3.63) is 33.7 Å². The Balaban J connectivity index is 1.81. The van der Waals surface area contributed by atoms with Crippen LogP contribution in [0.1, 0.15) is 28.9 Å². The van der Waals surface area contributed by atoms with Gasteiger partial charge in [-0.05, 0) is 25.8 Å². The maximum Gasteiger partial charge on any atom is 0.407 e. The van der Waals surface area contributed by atoms with Crippen molar-refractivity contribution in [1.29, 1.82) is 0 Å². The first-order chi connectivity index (χ1) is 9.97. The molecule has 2 N–H and O–H groups in total. The number of aromatic amines is 1. The minimum absolute atomic E-state index is 0.203. The second kappa shape index (κ2) is 4.91. The number of nitrogens with one attached hydrogen (secondary N) is 2. The maximum absolute atomic E-state index is 12.5. The number of hydrogen-bond acceptors (Lipinski definition) is 4. The number of H-pyrrole nitrogens is 1. The van der Waals surface area contributed by atoms with Crippen LogP contribution in [0.2, 0.25) is 0 Å². The third kappa shape index (κ3) is 2.63. The van der Waals surface area contributed by atoms with Crippen LogP contribution in [0.5, 0.6) is 0 Å². The van der Waals surface area contributed by atoms with E-state index in [4.69, 9.17) is 4.74 Å². The summed E-state index contributed by atoms with van der Waals surface area (Å²) in [6, 6.07) is 2.96. The molecule has 0 aliphatic carbocycles. The molecular formula is C14H17N3O4. The molecule has 1 aromatic rings. The molecule has 2 saturated heterocycles. The smallest absolute Gasteiger partial charge is 0.407 e. The van der Waals surface area contributed by atoms with E-state index in [-0.39, 0.29) is 11.5 Å². The molecule has 0 aromatic carbocycles. The number of alkyl carbamates (subject to hydrolysis) is 1. The number of aromatic nitrogens is 1. The molecule has 0 unspecified atom stereocenters. The summed E-state index contributed by atoms with van der Waals surface area (Å²) in [5.74, 6) is -0.203. The first-order valence-corrected chi connectivity index (χ1v) is 6.95. The summed E-state index contributed by atoms with van der Waals surface area (Å²) in [5, 5.41) is 2.64. The van der Waals surface area contributed by atoms with Gasteiger partial charge in [0.05, 0.1) is 13.1 Å². The quantitative estimate of drug-likeness (QED) is 0.783. The van der Waals surface area contributed by atoms with Gasteiger partial charge in [0.2, 0.25) is 5.56 Å². The van der Waals surface area contributed by atoms with E-state index in [1.165, 1.54) is 6.07 Å². The summed E-state index contributed by atoms with van der Waals surface area (Å²) in [7, 11) is 0. The van der Waals surface area contributed by atoms with E-state index < -0.39 is 11.7 Å². The molecule has 2 amide bonds. The van der Waals surface area contributed by atoms with Crippen LogP contribution in [0.4, 0.5) is 4.79 Å². The van der Waals surface area contributed by atoms with Gasteiger partial charge in [0.15, 0.2) is 0 Å². The highest BCUT2D eigenvalue weighted by Gasteiger charge is 2.44. The first-order valence-electron chi connectivity index (χ1n) is 6.95. The summed E-state index contributed by atoms with van der Waals surface area (Å²) >= 11 is 0. The Kier molecular flexibility index (Phi) is 3.19. The molecule has 1 spiro atoms. The molecule has 0 saturated carbocycles. The standard InChI is InChI=1S/C14H17N3O4/c1-9-5-10(6-11(18)16-9)12(19)17-4-2-3-14(8-17)7-15-13(20)21-14/h5-6H,2-4,7-8H2,1H3,(H,15,20)(H,16,18)/t14-/m0/s1. The lowest BCUT2D eigenvalue weighted by molar-refractivity contribution is -0.00504. The summed E-state index contributed by atoms with van der Waals surface area (Å²) in [6.45, 7) is 3.11. The Hall–Kier alpha value is -2.31. The van der Waals surface area contributed by atoms with Gasteiger partial charge in [0.1, 0.15) is 5.60 Å². The Bertz CT molecular complexity index is 654. The number of ether oxygens (including phenoxy) is 1. The van der Waals surface area contributed by atoms with E-state index in [0.29, 0.717) is 30.9 Å². The van der Waals surface area contributed by atoms with E-state index in [2.05, 4.69) is 10.3 Å². The fraction of sp³-hybridized carbons (Fsp3) is 0.500. The number of piperidine rings is 1. The molecule has 112 valence electrons. The minimum atomic E-state index is -0.624. The van der Waals surface area contributed by atoms with Crippen molar-refractivity contribution >= 4 is 12.0 Å². The third-order valence-corrected chi connectivity index (χ3v) is 3.92. The van der Waals surface area contributed by atoms with E-state index in [1.54, 1.807) is 17.9 Å². The molecule has 7 heteroatoms. The van der Waals surface area contributed by atoms with Crippen molar-refractivity contribution < 1.29 is 14.3 Å². The lowest BCUT2D eigenvalue weighted by atomic mass is 9.92. The molecule has 0 bridgehead atoms. The van der Waals surface area contributed by atoms with Crippen molar-refractivity contribution in [2.75, 3.05) is 19.6 Å². The van der Waals surface area contributed by atoms with Gasteiger partial charge in [-0.25, -0.2) is 4.79 Å². The van der Waals surface area contributed by atoms with Crippen molar-refractivity contribution in [2.45, 2.75) is 25.4 Å². The first kappa shape index (κ1) is 13.7. The topological polar surface area (TPSA) is 91.5 Å². The highest BCUT2D eigenvalue weighted by atomic mass is 16.6. The molecule has 1 atom stereocenters. The number of likely N-dealkylation sites (tertiary alicyclic amines) is 1. The highest BCUT2D eigenvalue weighted by Crippen LogP contribution is 2.28. The van der Waals surface area contributed by atoms with E-state index in [1.807, 2.05) is 0 Å². The normalized spacial score (nSPS) is 24.8. The molecule has 2 fully saturated rings. The van der Waals surface area contributed by atoms with Crippen molar-refractivity contribution in [2.24, 2.45) is 0 Å². The van der Waals surface area contributed by atoms with Gasteiger partial charge >= 0.3 is 6.09 Å². The van der Waals surface area contributed by atoms with Crippen molar-refractivity contribution in [3.63, 3.8) is 0 Å². The molecule has 1 aromatic heterocycles. The monoisotopic (exact) mass is 291 g/mol. The Labute approximate surface area is 121 Å². The number of carbonyl (C=O) groups is 2. The molecule has 3 heterocycles. The molecule has 2 aliphatic rings. The van der Waals surface area contributed by atoms with Crippen molar-refractivity contribution in [3.8, 4) is 0 Å². The van der Waals surface area contributed by atoms with Crippen LogP contribution in [0.3, 0.4) is 0 Å². The fourth-order valence-electron chi connectivity index (χ4n) is 2.99. The van der Waals surface area contributed by atoms with Gasteiger partial charge in [-0.3, -0.25) is 9.59 Å². The third-order valence-electron chi connectivity index (χ3n) is 3.92. The molecule has 0 radical (unpaired) electrons. The van der Waals surface area contributed by atoms with Crippen LogP contribution in [0, 0.1) is 6.92 Å². The van der Waals surface area contributed by atoms with E-state index in [9.17, 15) is 14.4 Å². The summed E-state index contributed by atoms with van der Waals surface area (Å²) in [4.78, 5) is 39.6. The minimum Gasteiger partial charge on any atom is -0.439 e. The molecule has 2 aliphatic heterocycles. The number of pyridine rings is 1.